The summed E-state index contributed by atoms with van der Waals surface area (Å²) in [5.41, 5.74) is 2.37. The van der Waals surface area contributed by atoms with Crippen molar-refractivity contribution in [2.45, 2.75) is 18.5 Å². The van der Waals surface area contributed by atoms with E-state index in [2.05, 4.69) is 17.4 Å². The fourth-order valence-electron chi connectivity index (χ4n) is 3.62. The average Bonchev–Trinajstić information content (AvgIpc) is 3.13. The van der Waals surface area contributed by atoms with Gasteiger partial charge < -0.3 is 15.0 Å². The van der Waals surface area contributed by atoms with Gasteiger partial charge in [-0.25, -0.2) is 9.79 Å². The number of hydrogen-bond donors (Lipinski definition) is 1. The van der Waals surface area contributed by atoms with Crippen LogP contribution in [0.1, 0.15) is 18.4 Å². The first kappa shape index (κ1) is 19.5. The highest BCUT2D eigenvalue weighted by molar-refractivity contribution is 8.15. The third-order valence-electron chi connectivity index (χ3n) is 5.27. The predicted molar refractivity (Wildman–Crippen MR) is 119 cm³/mol. The minimum Gasteiger partial charge on any atom is -0.497 e. The van der Waals surface area contributed by atoms with E-state index in [0.29, 0.717) is 13.1 Å². The van der Waals surface area contributed by atoms with Gasteiger partial charge in [-0.15, -0.1) is 11.8 Å². The molecular formula is C22H24N4O2S. The van der Waals surface area contributed by atoms with E-state index < -0.39 is 5.66 Å². The first-order chi connectivity index (χ1) is 14.1. The summed E-state index contributed by atoms with van der Waals surface area (Å²) in [4.78, 5) is 24.4. The van der Waals surface area contributed by atoms with Crippen LogP contribution in [0.4, 0.5) is 10.5 Å². The molecule has 4 rings (SSSR count). The van der Waals surface area contributed by atoms with Crippen molar-refractivity contribution in [3.05, 3.63) is 60.2 Å². The number of thioether (sulfide) groups is 1. The highest BCUT2D eigenvalue weighted by Crippen LogP contribution is 2.35. The molecule has 0 radical (unpaired) electrons. The Morgan fingerprint density at radius 2 is 1.76 bits per heavy atom. The van der Waals surface area contributed by atoms with E-state index in [0.717, 1.165) is 40.6 Å². The van der Waals surface area contributed by atoms with Crippen molar-refractivity contribution in [1.29, 1.82) is 0 Å². The molecule has 0 aliphatic carbocycles. The van der Waals surface area contributed by atoms with Crippen molar-refractivity contribution in [1.82, 2.24) is 4.90 Å². The molecule has 2 aromatic carbocycles. The number of nitrogens with one attached hydrogen (secondary N) is 1. The van der Waals surface area contributed by atoms with E-state index in [1.54, 1.807) is 18.9 Å². The number of anilines is 1. The van der Waals surface area contributed by atoms with Crippen LogP contribution in [0.2, 0.25) is 0 Å². The summed E-state index contributed by atoms with van der Waals surface area (Å²) < 4.78 is 5.15. The number of carbonyl (C=O) groups excluding carboxylic acids is 1. The molecule has 2 amide bonds. The lowest BCUT2D eigenvalue weighted by atomic mass is 9.98. The van der Waals surface area contributed by atoms with E-state index in [4.69, 9.17) is 14.7 Å². The van der Waals surface area contributed by atoms with E-state index >= 15 is 0 Å². The van der Waals surface area contributed by atoms with Gasteiger partial charge >= 0.3 is 6.03 Å². The molecule has 0 aromatic heterocycles. The van der Waals surface area contributed by atoms with Crippen molar-refractivity contribution < 1.29 is 9.53 Å². The third kappa shape index (κ3) is 4.15. The topological polar surface area (TPSA) is 66.3 Å². The van der Waals surface area contributed by atoms with Crippen LogP contribution >= 0.6 is 11.8 Å². The Labute approximate surface area is 175 Å². The summed E-state index contributed by atoms with van der Waals surface area (Å²) in [6.07, 6.45) is 3.49. The van der Waals surface area contributed by atoms with E-state index in [1.807, 2.05) is 53.6 Å². The van der Waals surface area contributed by atoms with Crippen LogP contribution in [-0.2, 0) is 0 Å². The number of amides is 2. The number of likely N-dealkylation sites (tertiary alicyclic amines) is 1. The zero-order chi connectivity index (χ0) is 20.3. The molecule has 7 heteroatoms. The maximum absolute atomic E-state index is 12.6. The summed E-state index contributed by atoms with van der Waals surface area (Å²) in [5, 5.41) is 3.93. The van der Waals surface area contributed by atoms with E-state index in [-0.39, 0.29) is 6.03 Å². The maximum atomic E-state index is 12.6. The van der Waals surface area contributed by atoms with E-state index in [9.17, 15) is 4.79 Å². The lowest BCUT2D eigenvalue weighted by Gasteiger charge is -2.35. The second-order valence-electron chi connectivity index (χ2n) is 7.08. The van der Waals surface area contributed by atoms with E-state index in [1.165, 1.54) is 0 Å². The number of nitrogens with zero attached hydrogens (tertiary/aromatic N) is 3. The average molecular weight is 409 g/mol. The normalized spacial score (nSPS) is 17.7. The van der Waals surface area contributed by atoms with Gasteiger partial charge in [-0.3, -0.25) is 4.99 Å². The van der Waals surface area contributed by atoms with Crippen LogP contribution in [0, 0.1) is 0 Å². The van der Waals surface area contributed by atoms with Crippen LogP contribution in [-0.4, -0.2) is 53.8 Å². The number of hydrogen-bond acceptors (Lipinski definition) is 5. The molecular weight excluding hydrogens is 384 g/mol. The molecule has 29 heavy (non-hydrogen) atoms. The van der Waals surface area contributed by atoms with Gasteiger partial charge in [0.1, 0.15) is 10.8 Å². The molecule has 2 aromatic rings. The first-order valence-corrected chi connectivity index (χ1v) is 10.8. The van der Waals surface area contributed by atoms with Crippen molar-refractivity contribution in [2.24, 2.45) is 9.98 Å². The second kappa shape index (κ2) is 8.29. The van der Waals surface area contributed by atoms with Crippen molar-refractivity contribution in [3.63, 3.8) is 0 Å². The van der Waals surface area contributed by atoms with Gasteiger partial charge in [0.25, 0.3) is 0 Å². The number of ether oxygens (including phenoxy) is 1. The molecule has 1 spiro atoms. The van der Waals surface area contributed by atoms with Crippen molar-refractivity contribution in [3.8, 4) is 5.75 Å². The molecule has 1 fully saturated rings. The van der Waals surface area contributed by atoms with Gasteiger partial charge in [0.15, 0.2) is 5.66 Å². The predicted octanol–water partition coefficient (Wildman–Crippen LogP) is 4.28. The van der Waals surface area contributed by atoms with Crippen molar-refractivity contribution >= 4 is 34.2 Å². The molecule has 0 bridgehead atoms. The molecule has 0 atom stereocenters. The molecule has 2 heterocycles. The van der Waals surface area contributed by atoms with Crippen LogP contribution in [0.15, 0.2) is 64.6 Å². The van der Waals surface area contributed by atoms with Crippen LogP contribution < -0.4 is 10.1 Å². The highest BCUT2D eigenvalue weighted by Gasteiger charge is 2.40. The SMILES string of the molecule is COc1ccc(NC(=O)N2CCC3(CC2)N=C(SC)C(c2ccccc2)=N3)cc1. The molecule has 1 saturated heterocycles. The zero-order valence-electron chi connectivity index (χ0n) is 16.6. The van der Waals surface area contributed by atoms with Gasteiger partial charge in [0.05, 0.1) is 12.8 Å². The molecule has 0 unspecified atom stereocenters. The Balaban J connectivity index is 1.42. The van der Waals surface area contributed by atoms with Crippen LogP contribution in [0.5, 0.6) is 5.75 Å². The highest BCUT2D eigenvalue weighted by atomic mass is 32.2. The molecule has 1 N–H and O–H groups in total. The monoisotopic (exact) mass is 408 g/mol. The zero-order valence-corrected chi connectivity index (χ0v) is 17.4. The van der Waals surface area contributed by atoms with Crippen LogP contribution in [0.3, 0.4) is 0 Å². The smallest absolute Gasteiger partial charge is 0.321 e. The van der Waals surface area contributed by atoms with Crippen molar-refractivity contribution in [2.75, 3.05) is 31.8 Å². The van der Waals surface area contributed by atoms with Gasteiger partial charge in [-0.1, -0.05) is 30.3 Å². The Kier molecular flexibility index (Phi) is 5.58. The lowest BCUT2D eigenvalue weighted by Crippen LogP contribution is -2.46. The molecule has 2 aliphatic rings. The molecule has 0 saturated carbocycles. The lowest BCUT2D eigenvalue weighted by molar-refractivity contribution is 0.175. The summed E-state index contributed by atoms with van der Waals surface area (Å²) >= 11 is 1.63. The van der Waals surface area contributed by atoms with Gasteiger partial charge in [0, 0.05) is 37.2 Å². The quantitative estimate of drug-likeness (QED) is 0.824. The number of benzene rings is 2. The van der Waals surface area contributed by atoms with Gasteiger partial charge in [0.2, 0.25) is 0 Å². The fraction of sp³-hybridized carbons (Fsp3) is 0.318. The first-order valence-electron chi connectivity index (χ1n) is 9.62. The number of carbonyl (C=O) groups is 1. The standard InChI is InChI=1S/C22H24N4O2S/c1-28-18-10-8-17(9-11-18)23-21(27)26-14-12-22(13-15-26)24-19(20(25-22)29-2)16-6-4-3-5-7-16/h3-11H,12-15H2,1-2H3,(H,23,27). The molecule has 2 aliphatic heterocycles. The Bertz CT molecular complexity index is 933. The van der Waals surface area contributed by atoms with Crippen LogP contribution in [0.25, 0.3) is 0 Å². The number of urea groups is 1. The molecule has 6 nitrogen and oxygen atoms in total. The summed E-state index contributed by atoms with van der Waals surface area (Å²) in [6.45, 7) is 1.25. The Morgan fingerprint density at radius 1 is 1.07 bits per heavy atom. The minimum atomic E-state index is -0.444. The minimum absolute atomic E-state index is 0.0932. The Morgan fingerprint density at radius 3 is 2.38 bits per heavy atom. The summed E-state index contributed by atoms with van der Waals surface area (Å²) in [5.74, 6) is 0.763. The molecule has 150 valence electrons. The Hall–Kier alpha value is -2.80. The number of piperidine rings is 1. The fourth-order valence-corrected chi connectivity index (χ4v) is 4.24. The number of aliphatic imine (C=N–C) groups is 2. The maximum Gasteiger partial charge on any atom is 0.321 e. The van der Waals surface area contributed by atoms with Gasteiger partial charge in [-0.2, -0.15) is 0 Å². The number of methoxy groups -OCH3 is 1. The second-order valence-corrected chi connectivity index (χ2v) is 7.87. The largest absolute Gasteiger partial charge is 0.497 e. The number of rotatable bonds is 3. The summed E-state index contributed by atoms with van der Waals surface area (Å²) in [7, 11) is 1.62. The summed E-state index contributed by atoms with van der Waals surface area (Å²) in [6, 6.07) is 17.4. The van der Waals surface area contributed by atoms with Gasteiger partial charge in [-0.05, 0) is 30.5 Å². The third-order valence-corrected chi connectivity index (χ3v) is 5.94.